The Morgan fingerprint density at radius 3 is 2.84 bits per heavy atom. The predicted molar refractivity (Wildman–Crippen MR) is 95.1 cm³/mol. The molecule has 2 aliphatic rings. The van der Waals surface area contributed by atoms with E-state index in [2.05, 4.69) is 4.98 Å². The first kappa shape index (κ1) is 16.1. The Kier molecular flexibility index (Phi) is 4.15. The van der Waals surface area contributed by atoms with Crippen LogP contribution in [0.2, 0.25) is 0 Å². The van der Waals surface area contributed by atoms with E-state index < -0.39 is 0 Å². The van der Waals surface area contributed by atoms with E-state index in [1.807, 2.05) is 41.0 Å². The van der Waals surface area contributed by atoms with Crippen molar-refractivity contribution in [2.75, 3.05) is 24.5 Å². The first-order valence-corrected chi connectivity index (χ1v) is 8.86. The third kappa shape index (κ3) is 2.99. The molecule has 5 heteroatoms. The zero-order chi connectivity index (χ0) is 17.4. The van der Waals surface area contributed by atoms with E-state index in [-0.39, 0.29) is 17.8 Å². The highest BCUT2D eigenvalue weighted by Crippen LogP contribution is 2.34. The zero-order valence-corrected chi connectivity index (χ0v) is 14.4. The van der Waals surface area contributed by atoms with Gasteiger partial charge in [-0.15, -0.1) is 0 Å². The molecule has 2 atom stereocenters. The lowest BCUT2D eigenvalue weighted by atomic mass is 9.92. The van der Waals surface area contributed by atoms with Crippen LogP contribution in [0.3, 0.4) is 0 Å². The molecular weight excluding hydrogens is 317 g/mol. The third-order valence-electron chi connectivity index (χ3n) is 5.43. The molecular formula is C20H22FN3O. The number of likely N-dealkylation sites (tertiary alicyclic amines) is 1. The van der Waals surface area contributed by atoms with Crippen molar-refractivity contribution in [1.82, 2.24) is 9.88 Å². The minimum atomic E-state index is -0.296. The standard InChI is InChI=1S/C20H22FN3O/c1-14-4-2-5-16(12-14)20(25)24-11-8-15-7-10-23(13-18(15)24)19-17(21)6-3-9-22-19/h2-6,9,12,15,18H,7-8,10-11,13H2,1H3. The van der Waals surface area contributed by atoms with Crippen LogP contribution in [0.4, 0.5) is 10.2 Å². The highest BCUT2D eigenvalue weighted by Gasteiger charge is 2.41. The Balaban J connectivity index is 1.56. The maximum atomic E-state index is 14.1. The number of carbonyl (C=O) groups excluding carboxylic acids is 1. The van der Waals surface area contributed by atoms with Gasteiger partial charge in [0, 0.05) is 31.4 Å². The van der Waals surface area contributed by atoms with E-state index in [1.54, 1.807) is 12.3 Å². The summed E-state index contributed by atoms with van der Waals surface area (Å²) in [6.45, 7) is 4.22. The number of anilines is 1. The van der Waals surface area contributed by atoms with Crippen LogP contribution in [0.5, 0.6) is 0 Å². The molecule has 2 saturated heterocycles. The molecule has 1 amide bonds. The molecule has 1 aromatic carbocycles. The van der Waals surface area contributed by atoms with Gasteiger partial charge in [-0.05, 0) is 49.9 Å². The minimum Gasteiger partial charge on any atom is -0.352 e. The summed E-state index contributed by atoms with van der Waals surface area (Å²) in [5.41, 5.74) is 1.82. The summed E-state index contributed by atoms with van der Waals surface area (Å²) >= 11 is 0. The van der Waals surface area contributed by atoms with E-state index in [1.165, 1.54) is 6.07 Å². The van der Waals surface area contributed by atoms with E-state index in [9.17, 15) is 9.18 Å². The van der Waals surface area contributed by atoms with Crippen LogP contribution in [0.15, 0.2) is 42.6 Å². The Labute approximate surface area is 147 Å². The van der Waals surface area contributed by atoms with Crippen LogP contribution in [0, 0.1) is 18.7 Å². The first-order chi connectivity index (χ1) is 12.1. The molecule has 0 bridgehead atoms. The van der Waals surface area contributed by atoms with Crippen molar-refractivity contribution in [3.05, 3.63) is 59.5 Å². The van der Waals surface area contributed by atoms with Crippen molar-refractivity contribution in [2.24, 2.45) is 5.92 Å². The summed E-state index contributed by atoms with van der Waals surface area (Å²) < 4.78 is 14.1. The van der Waals surface area contributed by atoms with Gasteiger partial charge in [-0.3, -0.25) is 4.79 Å². The summed E-state index contributed by atoms with van der Waals surface area (Å²) in [5.74, 6) is 0.683. The van der Waals surface area contributed by atoms with Crippen molar-refractivity contribution in [1.29, 1.82) is 0 Å². The average molecular weight is 339 g/mol. The number of carbonyl (C=O) groups is 1. The number of aryl methyl sites for hydroxylation is 1. The molecule has 0 spiro atoms. The Morgan fingerprint density at radius 1 is 1.20 bits per heavy atom. The zero-order valence-electron chi connectivity index (χ0n) is 14.4. The summed E-state index contributed by atoms with van der Waals surface area (Å²) in [5, 5.41) is 0. The molecule has 1 aromatic heterocycles. The van der Waals surface area contributed by atoms with E-state index in [4.69, 9.17) is 0 Å². The number of piperidine rings is 1. The number of rotatable bonds is 2. The molecule has 2 unspecified atom stereocenters. The SMILES string of the molecule is Cc1cccc(C(=O)N2CCC3CCN(c4ncccc4F)CC32)c1. The Hall–Kier alpha value is -2.43. The van der Waals surface area contributed by atoms with Crippen molar-refractivity contribution in [3.63, 3.8) is 0 Å². The number of benzene rings is 1. The van der Waals surface area contributed by atoms with Crippen molar-refractivity contribution < 1.29 is 9.18 Å². The van der Waals surface area contributed by atoms with Gasteiger partial charge in [-0.2, -0.15) is 0 Å². The van der Waals surface area contributed by atoms with Gasteiger partial charge in [0.2, 0.25) is 0 Å². The molecule has 2 fully saturated rings. The number of hydrogen-bond donors (Lipinski definition) is 0. The van der Waals surface area contributed by atoms with E-state index in [0.29, 0.717) is 18.3 Å². The smallest absolute Gasteiger partial charge is 0.254 e. The van der Waals surface area contributed by atoms with Gasteiger partial charge in [-0.25, -0.2) is 9.37 Å². The highest BCUT2D eigenvalue weighted by molar-refractivity contribution is 5.94. The Morgan fingerprint density at radius 2 is 2.04 bits per heavy atom. The van der Waals surface area contributed by atoms with Gasteiger partial charge in [0.25, 0.3) is 5.91 Å². The first-order valence-electron chi connectivity index (χ1n) is 8.86. The molecule has 3 heterocycles. The van der Waals surface area contributed by atoms with Crippen LogP contribution in [0.25, 0.3) is 0 Å². The normalized spacial score (nSPS) is 22.8. The summed E-state index contributed by atoms with van der Waals surface area (Å²) in [6.07, 6.45) is 3.62. The topological polar surface area (TPSA) is 36.4 Å². The molecule has 4 nitrogen and oxygen atoms in total. The second kappa shape index (κ2) is 6.47. The second-order valence-corrected chi connectivity index (χ2v) is 7.03. The van der Waals surface area contributed by atoms with Gasteiger partial charge >= 0.3 is 0 Å². The van der Waals surface area contributed by atoms with Crippen molar-refractivity contribution >= 4 is 11.7 Å². The highest BCUT2D eigenvalue weighted by atomic mass is 19.1. The Bertz CT molecular complexity index is 794. The molecule has 0 aliphatic carbocycles. The van der Waals surface area contributed by atoms with Gasteiger partial charge in [-0.1, -0.05) is 17.7 Å². The largest absolute Gasteiger partial charge is 0.352 e. The summed E-state index contributed by atoms with van der Waals surface area (Å²) in [6, 6.07) is 10.9. The van der Waals surface area contributed by atoms with Gasteiger partial charge in [0.1, 0.15) is 0 Å². The monoisotopic (exact) mass is 339 g/mol. The number of aromatic nitrogens is 1. The minimum absolute atomic E-state index is 0.0829. The average Bonchev–Trinajstić information content (AvgIpc) is 3.04. The van der Waals surface area contributed by atoms with Crippen molar-refractivity contribution in [2.45, 2.75) is 25.8 Å². The number of hydrogen-bond acceptors (Lipinski definition) is 3. The predicted octanol–water partition coefficient (Wildman–Crippen LogP) is 3.27. The summed E-state index contributed by atoms with van der Waals surface area (Å²) in [7, 11) is 0. The van der Waals surface area contributed by atoms with Crippen LogP contribution in [0.1, 0.15) is 28.8 Å². The van der Waals surface area contributed by atoms with Crippen LogP contribution < -0.4 is 4.90 Å². The third-order valence-corrected chi connectivity index (χ3v) is 5.43. The van der Waals surface area contributed by atoms with Gasteiger partial charge in [0.15, 0.2) is 11.6 Å². The fraction of sp³-hybridized carbons (Fsp3) is 0.400. The molecule has 0 radical (unpaired) electrons. The number of nitrogens with zero attached hydrogens (tertiary/aromatic N) is 3. The van der Waals surface area contributed by atoms with Crippen LogP contribution in [-0.2, 0) is 0 Å². The molecule has 2 aliphatic heterocycles. The van der Waals surface area contributed by atoms with Crippen LogP contribution >= 0.6 is 0 Å². The molecule has 0 N–H and O–H groups in total. The lowest BCUT2D eigenvalue weighted by Crippen LogP contribution is -2.50. The number of amides is 1. The fourth-order valence-corrected chi connectivity index (χ4v) is 4.14. The number of halogens is 1. The molecule has 4 rings (SSSR count). The second-order valence-electron chi connectivity index (χ2n) is 7.03. The quantitative estimate of drug-likeness (QED) is 0.842. The molecule has 2 aromatic rings. The maximum absolute atomic E-state index is 14.1. The summed E-state index contributed by atoms with van der Waals surface area (Å²) in [4.78, 5) is 21.1. The lowest BCUT2D eigenvalue weighted by Gasteiger charge is -2.39. The van der Waals surface area contributed by atoms with Gasteiger partial charge < -0.3 is 9.80 Å². The molecule has 0 saturated carbocycles. The van der Waals surface area contributed by atoms with E-state index >= 15 is 0 Å². The molecule has 130 valence electrons. The number of fused-ring (bicyclic) bond motifs is 1. The number of pyridine rings is 1. The fourth-order valence-electron chi connectivity index (χ4n) is 4.14. The van der Waals surface area contributed by atoms with E-state index in [0.717, 1.165) is 37.1 Å². The van der Waals surface area contributed by atoms with Gasteiger partial charge in [0.05, 0.1) is 6.04 Å². The van der Waals surface area contributed by atoms with Crippen molar-refractivity contribution in [3.8, 4) is 0 Å². The van der Waals surface area contributed by atoms with Crippen LogP contribution in [-0.4, -0.2) is 41.5 Å². The maximum Gasteiger partial charge on any atom is 0.254 e. The molecule has 25 heavy (non-hydrogen) atoms. The lowest BCUT2D eigenvalue weighted by molar-refractivity contribution is 0.0712.